The first kappa shape index (κ1) is 27.5. The van der Waals surface area contributed by atoms with Crippen LogP contribution in [0.2, 0.25) is 0 Å². The van der Waals surface area contributed by atoms with Crippen molar-refractivity contribution in [2.45, 2.75) is 57.3 Å². The zero-order chi connectivity index (χ0) is 27.3. The fourth-order valence-corrected chi connectivity index (χ4v) is 5.77. The number of hydrogen-bond donors (Lipinski definition) is 1. The molecule has 2 saturated heterocycles. The van der Waals surface area contributed by atoms with Crippen LogP contribution in [0, 0.1) is 22.7 Å². The zero-order valence-corrected chi connectivity index (χ0v) is 22.8. The standard InChI is InChI=1S/C29H33N5O3S/c1-29(2,3)37-28(36)34-18-24(15-26(34)27(35)33-12-13-38-19-33)32-25(23-10-8-22(17-31)9-11-23)14-20-4-6-21(16-30)7-5-20/h4-11,24-26,32H,12-15,18-19H2,1-3H3. The van der Waals surface area contributed by atoms with Gasteiger partial charge in [-0.1, -0.05) is 24.3 Å². The zero-order valence-electron chi connectivity index (χ0n) is 22.0. The molecule has 1 N–H and O–H groups in total. The summed E-state index contributed by atoms with van der Waals surface area (Å²) in [5.41, 5.74) is 2.57. The summed E-state index contributed by atoms with van der Waals surface area (Å²) in [5.74, 6) is 1.51. The molecule has 38 heavy (non-hydrogen) atoms. The van der Waals surface area contributed by atoms with Gasteiger partial charge in [0.15, 0.2) is 0 Å². The summed E-state index contributed by atoms with van der Waals surface area (Å²) in [5, 5.41) is 22.1. The molecule has 9 heteroatoms. The van der Waals surface area contributed by atoms with Crippen LogP contribution in [0.5, 0.6) is 0 Å². The van der Waals surface area contributed by atoms with E-state index in [4.69, 9.17) is 10.00 Å². The number of ether oxygens (including phenoxy) is 1. The topological polar surface area (TPSA) is 109 Å². The van der Waals surface area contributed by atoms with Gasteiger partial charge >= 0.3 is 6.09 Å². The van der Waals surface area contributed by atoms with Crippen molar-refractivity contribution in [2.24, 2.45) is 0 Å². The monoisotopic (exact) mass is 531 g/mol. The molecule has 8 nitrogen and oxygen atoms in total. The molecule has 0 spiro atoms. The maximum absolute atomic E-state index is 13.4. The summed E-state index contributed by atoms with van der Waals surface area (Å²) in [7, 11) is 0. The smallest absolute Gasteiger partial charge is 0.411 e. The number of nitriles is 2. The lowest BCUT2D eigenvalue weighted by molar-refractivity contribution is -0.134. The Balaban J connectivity index is 1.57. The molecular formula is C29H33N5O3S. The highest BCUT2D eigenvalue weighted by atomic mass is 32.2. The van der Waals surface area contributed by atoms with E-state index in [9.17, 15) is 14.9 Å². The second-order valence-electron chi connectivity index (χ2n) is 10.7. The van der Waals surface area contributed by atoms with Crippen molar-refractivity contribution >= 4 is 23.8 Å². The van der Waals surface area contributed by atoms with Crippen molar-refractivity contribution in [2.75, 3.05) is 24.7 Å². The highest BCUT2D eigenvalue weighted by Gasteiger charge is 2.44. The Morgan fingerprint density at radius 1 is 1.08 bits per heavy atom. The Kier molecular flexibility index (Phi) is 8.61. The van der Waals surface area contributed by atoms with Crippen molar-refractivity contribution in [1.29, 1.82) is 10.5 Å². The van der Waals surface area contributed by atoms with Crippen LogP contribution in [0.3, 0.4) is 0 Å². The number of carbonyl (C=O) groups is 2. The van der Waals surface area contributed by atoms with Crippen molar-refractivity contribution in [3.05, 3.63) is 70.8 Å². The number of amides is 2. The molecule has 2 aromatic carbocycles. The molecule has 2 aliphatic heterocycles. The molecule has 2 heterocycles. The minimum absolute atomic E-state index is 0.0350. The summed E-state index contributed by atoms with van der Waals surface area (Å²) in [6.45, 7) is 6.51. The van der Waals surface area contributed by atoms with E-state index in [0.29, 0.717) is 42.9 Å². The van der Waals surface area contributed by atoms with Crippen molar-refractivity contribution < 1.29 is 14.3 Å². The van der Waals surface area contributed by atoms with Crippen LogP contribution in [-0.4, -0.2) is 64.2 Å². The quantitative estimate of drug-likeness (QED) is 0.595. The molecule has 3 atom stereocenters. The average Bonchev–Trinajstić information content (AvgIpc) is 3.58. The molecule has 0 radical (unpaired) electrons. The first-order chi connectivity index (χ1) is 18.2. The van der Waals surface area contributed by atoms with E-state index in [0.717, 1.165) is 16.9 Å². The van der Waals surface area contributed by atoms with Gasteiger partial charge in [-0.25, -0.2) is 4.79 Å². The van der Waals surface area contributed by atoms with Crippen LogP contribution in [0.25, 0.3) is 0 Å². The van der Waals surface area contributed by atoms with Crippen molar-refractivity contribution in [3.63, 3.8) is 0 Å². The lowest BCUT2D eigenvalue weighted by Crippen LogP contribution is -2.48. The first-order valence-corrected chi connectivity index (χ1v) is 13.9. The van der Waals surface area contributed by atoms with Crippen LogP contribution in [0.15, 0.2) is 48.5 Å². The van der Waals surface area contributed by atoms with Crippen molar-refractivity contribution in [1.82, 2.24) is 15.1 Å². The minimum atomic E-state index is -0.666. The molecular weight excluding hydrogens is 498 g/mol. The molecule has 0 aliphatic carbocycles. The number of thioether (sulfide) groups is 1. The molecule has 0 aromatic heterocycles. The Morgan fingerprint density at radius 2 is 1.71 bits per heavy atom. The summed E-state index contributed by atoms with van der Waals surface area (Å²) in [4.78, 5) is 30.0. The highest BCUT2D eigenvalue weighted by Crippen LogP contribution is 2.28. The van der Waals surface area contributed by atoms with Gasteiger partial charge in [0.1, 0.15) is 11.6 Å². The predicted molar refractivity (Wildman–Crippen MR) is 146 cm³/mol. The third-order valence-electron chi connectivity index (χ3n) is 6.68. The number of rotatable bonds is 6. The van der Waals surface area contributed by atoms with Gasteiger partial charge in [0.25, 0.3) is 0 Å². The number of carbonyl (C=O) groups excluding carboxylic acids is 2. The van der Waals surface area contributed by atoms with E-state index < -0.39 is 17.7 Å². The Bertz CT molecular complexity index is 1220. The van der Waals surface area contributed by atoms with Gasteiger partial charge in [0, 0.05) is 30.9 Å². The Morgan fingerprint density at radius 3 is 2.26 bits per heavy atom. The van der Waals surface area contributed by atoms with Gasteiger partial charge < -0.3 is 15.0 Å². The SMILES string of the molecule is CC(C)(C)OC(=O)N1CC(NC(Cc2ccc(C#N)cc2)c2ccc(C#N)cc2)CC1C(=O)N1CCSC1. The average molecular weight is 532 g/mol. The number of likely N-dealkylation sites (tertiary alicyclic amines) is 1. The summed E-state index contributed by atoms with van der Waals surface area (Å²) < 4.78 is 5.67. The molecule has 4 rings (SSSR count). The summed E-state index contributed by atoms with van der Waals surface area (Å²) >= 11 is 1.72. The normalized spacial score (nSPS) is 20.0. The lowest BCUT2D eigenvalue weighted by atomic mass is 9.96. The molecule has 198 valence electrons. The van der Waals surface area contributed by atoms with E-state index >= 15 is 0 Å². The molecule has 0 saturated carbocycles. The second kappa shape index (κ2) is 11.9. The van der Waals surface area contributed by atoms with Gasteiger partial charge in [-0.3, -0.25) is 9.69 Å². The predicted octanol–water partition coefficient (Wildman–Crippen LogP) is 4.21. The largest absolute Gasteiger partial charge is 0.444 e. The number of nitrogens with zero attached hydrogens (tertiary/aromatic N) is 4. The highest BCUT2D eigenvalue weighted by molar-refractivity contribution is 7.99. The molecule has 2 fully saturated rings. The number of hydrogen-bond acceptors (Lipinski definition) is 7. The Labute approximate surface area is 228 Å². The van der Waals surface area contributed by atoms with E-state index in [1.165, 1.54) is 0 Å². The van der Waals surface area contributed by atoms with Gasteiger partial charge in [0.05, 0.1) is 29.1 Å². The number of nitrogens with one attached hydrogen (secondary N) is 1. The van der Waals surface area contributed by atoms with E-state index in [2.05, 4.69) is 17.5 Å². The maximum atomic E-state index is 13.4. The van der Waals surface area contributed by atoms with Crippen LogP contribution >= 0.6 is 11.8 Å². The molecule has 2 aromatic rings. The van der Waals surface area contributed by atoms with Crippen molar-refractivity contribution in [3.8, 4) is 12.1 Å². The van der Waals surface area contributed by atoms with E-state index in [1.807, 2.05) is 49.9 Å². The van der Waals surface area contributed by atoms with Gasteiger partial charge in [0.2, 0.25) is 5.91 Å². The summed E-state index contributed by atoms with van der Waals surface area (Å²) in [6, 6.07) is 18.4. The van der Waals surface area contributed by atoms with E-state index in [-0.39, 0.29) is 18.0 Å². The molecule has 2 aliphatic rings. The summed E-state index contributed by atoms with van der Waals surface area (Å²) in [6.07, 6.45) is 0.649. The first-order valence-electron chi connectivity index (χ1n) is 12.8. The third kappa shape index (κ3) is 6.86. The third-order valence-corrected chi connectivity index (χ3v) is 7.65. The van der Waals surface area contributed by atoms with E-state index in [1.54, 1.807) is 40.9 Å². The minimum Gasteiger partial charge on any atom is -0.444 e. The molecule has 2 amide bonds. The van der Waals surface area contributed by atoms with Crippen LogP contribution in [-0.2, 0) is 16.0 Å². The fourth-order valence-electron chi connectivity index (χ4n) is 4.81. The Hall–Kier alpha value is -3.53. The number of benzene rings is 2. The molecule has 0 bridgehead atoms. The van der Waals surface area contributed by atoms with Gasteiger partial charge in [-0.05, 0) is 69.0 Å². The van der Waals surface area contributed by atoms with Gasteiger partial charge in [-0.2, -0.15) is 10.5 Å². The van der Waals surface area contributed by atoms with Crippen LogP contribution < -0.4 is 5.32 Å². The lowest BCUT2D eigenvalue weighted by Gasteiger charge is -2.29. The molecule has 3 unspecified atom stereocenters. The fraction of sp³-hybridized carbons (Fsp3) is 0.448. The van der Waals surface area contributed by atoms with Gasteiger partial charge in [-0.15, -0.1) is 11.8 Å². The maximum Gasteiger partial charge on any atom is 0.411 e. The second-order valence-corrected chi connectivity index (χ2v) is 11.8. The van der Waals surface area contributed by atoms with Crippen LogP contribution in [0.4, 0.5) is 4.79 Å². The van der Waals surface area contributed by atoms with Crippen LogP contribution in [0.1, 0.15) is 55.5 Å².